The van der Waals surface area contributed by atoms with Crippen LogP contribution >= 0.6 is 23.4 Å². The summed E-state index contributed by atoms with van der Waals surface area (Å²) in [6, 6.07) is 14.3. The van der Waals surface area contributed by atoms with Gasteiger partial charge in [0.1, 0.15) is 5.75 Å². The van der Waals surface area contributed by atoms with E-state index in [1.54, 1.807) is 37.4 Å². The van der Waals surface area contributed by atoms with E-state index in [1.807, 2.05) is 22.8 Å². The summed E-state index contributed by atoms with van der Waals surface area (Å²) in [5.74, 6) is 1.54. The van der Waals surface area contributed by atoms with Gasteiger partial charge in [-0.05, 0) is 60.6 Å². The van der Waals surface area contributed by atoms with Crippen LogP contribution in [-0.2, 0) is 11.3 Å². The molecule has 2 bridgehead atoms. The summed E-state index contributed by atoms with van der Waals surface area (Å²) < 4.78 is 7.02. The van der Waals surface area contributed by atoms with Crippen molar-refractivity contribution in [1.82, 2.24) is 20.1 Å². The molecule has 3 aromatic rings. The highest BCUT2D eigenvalue weighted by Crippen LogP contribution is 2.66. The first kappa shape index (κ1) is 24.8. The molecule has 2 aromatic carbocycles. The number of nitrogens with one attached hydrogen (secondary N) is 1. The number of amides is 1. The number of methoxy groups -OCH3 is 1. The number of benzene rings is 2. The summed E-state index contributed by atoms with van der Waals surface area (Å²) in [4.78, 5) is 26.2. The molecule has 2 aliphatic carbocycles. The van der Waals surface area contributed by atoms with E-state index in [0.29, 0.717) is 33.0 Å². The molecule has 0 spiro atoms. The van der Waals surface area contributed by atoms with Gasteiger partial charge in [-0.25, -0.2) is 0 Å². The number of fused-ring (bicyclic) bond motifs is 2. The zero-order valence-corrected chi connectivity index (χ0v) is 22.3. The highest BCUT2D eigenvalue weighted by molar-refractivity contribution is 8.00. The van der Waals surface area contributed by atoms with Crippen molar-refractivity contribution >= 4 is 35.1 Å². The minimum absolute atomic E-state index is 0.0633. The minimum Gasteiger partial charge on any atom is -0.497 e. The predicted molar refractivity (Wildman–Crippen MR) is 140 cm³/mol. The molecule has 188 valence electrons. The van der Waals surface area contributed by atoms with E-state index in [9.17, 15) is 9.59 Å². The van der Waals surface area contributed by atoms with E-state index in [4.69, 9.17) is 16.3 Å². The molecule has 1 N–H and O–H groups in total. The number of thioether (sulfide) groups is 1. The normalized spacial score (nSPS) is 24.2. The van der Waals surface area contributed by atoms with Crippen LogP contribution in [0.2, 0.25) is 5.02 Å². The van der Waals surface area contributed by atoms with Crippen molar-refractivity contribution in [2.75, 3.05) is 7.11 Å². The monoisotopic (exact) mass is 524 g/mol. The van der Waals surface area contributed by atoms with Gasteiger partial charge in [0, 0.05) is 11.0 Å². The lowest BCUT2D eigenvalue weighted by Gasteiger charge is -2.32. The number of hydrogen-bond acceptors (Lipinski definition) is 6. The molecule has 1 amide bonds. The number of halogens is 1. The molecule has 0 saturated heterocycles. The van der Waals surface area contributed by atoms with Crippen molar-refractivity contribution in [2.24, 2.45) is 16.7 Å². The summed E-state index contributed by atoms with van der Waals surface area (Å²) in [6.07, 6.45) is 1.96. The van der Waals surface area contributed by atoms with Crippen LogP contribution in [0, 0.1) is 16.7 Å². The summed E-state index contributed by atoms with van der Waals surface area (Å²) in [7, 11) is 1.58. The second-order valence-corrected chi connectivity index (χ2v) is 11.7. The highest BCUT2D eigenvalue weighted by atomic mass is 35.5. The van der Waals surface area contributed by atoms with Crippen LogP contribution in [-0.4, -0.2) is 38.8 Å². The van der Waals surface area contributed by atoms with Crippen LogP contribution in [0.15, 0.2) is 53.7 Å². The zero-order chi connectivity index (χ0) is 25.7. The molecule has 2 saturated carbocycles. The number of hydrogen-bond donors (Lipinski definition) is 1. The predicted octanol–water partition coefficient (Wildman–Crippen LogP) is 5.35. The van der Waals surface area contributed by atoms with Crippen LogP contribution in [0.5, 0.6) is 5.75 Å². The Kier molecular flexibility index (Phi) is 6.37. The molecule has 5 rings (SSSR count). The molecule has 36 heavy (non-hydrogen) atoms. The van der Waals surface area contributed by atoms with E-state index >= 15 is 0 Å². The Morgan fingerprint density at radius 3 is 2.53 bits per heavy atom. The largest absolute Gasteiger partial charge is 0.497 e. The molecule has 3 unspecified atom stereocenters. The lowest BCUT2D eigenvalue weighted by Crippen LogP contribution is -2.34. The maximum absolute atomic E-state index is 13.5. The number of nitrogens with zero attached hydrogens (tertiary/aromatic N) is 3. The molecule has 1 heterocycles. The lowest BCUT2D eigenvalue weighted by atomic mass is 9.70. The second-order valence-electron chi connectivity index (χ2n) is 10.2. The SMILES string of the molecule is COc1ccc(C(=O)NCc2nnc(SC3C(=O)C4(C)CCC3C4(C)C)n2-c2ccccc2Cl)cc1. The fourth-order valence-corrected chi connectivity index (χ4v) is 7.47. The van der Waals surface area contributed by atoms with Gasteiger partial charge < -0.3 is 10.1 Å². The topological polar surface area (TPSA) is 86.1 Å². The standard InChI is InChI=1S/C27H29ClN4O3S/c1-26(2)18-13-14-27(26,3)23(33)22(18)36-25-31-30-21(32(25)20-8-6-5-7-19(20)28)15-29-24(34)16-9-11-17(35-4)12-10-16/h5-12,18,22H,13-15H2,1-4H3,(H,29,34). The van der Waals surface area contributed by atoms with E-state index < -0.39 is 0 Å². The smallest absolute Gasteiger partial charge is 0.251 e. The van der Waals surface area contributed by atoms with Gasteiger partial charge in [-0.15, -0.1) is 10.2 Å². The van der Waals surface area contributed by atoms with Gasteiger partial charge in [-0.3, -0.25) is 14.2 Å². The van der Waals surface area contributed by atoms with E-state index in [1.165, 1.54) is 11.8 Å². The average molecular weight is 525 g/mol. The van der Waals surface area contributed by atoms with E-state index in [-0.39, 0.29) is 40.2 Å². The minimum atomic E-state index is -0.320. The molecule has 7 nitrogen and oxygen atoms in total. The van der Waals surface area contributed by atoms with Crippen molar-refractivity contribution in [3.8, 4) is 11.4 Å². The van der Waals surface area contributed by atoms with Crippen LogP contribution in [0.4, 0.5) is 0 Å². The summed E-state index contributed by atoms with van der Waals surface area (Å²) in [5, 5.41) is 12.7. The first-order valence-electron chi connectivity index (χ1n) is 12.0. The fourth-order valence-electron chi connectivity index (χ4n) is 5.62. The first-order chi connectivity index (χ1) is 17.2. The van der Waals surface area contributed by atoms with E-state index in [2.05, 4.69) is 36.3 Å². The maximum atomic E-state index is 13.5. The Morgan fingerprint density at radius 1 is 1.17 bits per heavy atom. The van der Waals surface area contributed by atoms with Crippen LogP contribution in [0.1, 0.15) is 49.8 Å². The Hall–Kier alpha value is -2.84. The van der Waals surface area contributed by atoms with Gasteiger partial charge in [0.05, 0.1) is 29.6 Å². The highest BCUT2D eigenvalue weighted by Gasteiger charge is 2.66. The third-order valence-electron chi connectivity index (χ3n) is 8.26. The summed E-state index contributed by atoms with van der Waals surface area (Å²) >= 11 is 8.03. The quantitative estimate of drug-likeness (QED) is 0.448. The Morgan fingerprint density at radius 2 is 1.89 bits per heavy atom. The lowest BCUT2D eigenvalue weighted by molar-refractivity contribution is -0.127. The van der Waals surface area contributed by atoms with Crippen molar-refractivity contribution in [3.63, 3.8) is 0 Å². The zero-order valence-electron chi connectivity index (χ0n) is 20.7. The molecular formula is C27H29ClN4O3S. The Labute approximate surface area is 220 Å². The third-order valence-corrected chi connectivity index (χ3v) is 9.85. The summed E-state index contributed by atoms with van der Waals surface area (Å²) in [6.45, 7) is 6.67. The number of rotatable bonds is 7. The van der Waals surface area contributed by atoms with Crippen LogP contribution in [0.3, 0.4) is 0 Å². The number of carbonyl (C=O) groups excluding carboxylic acids is 2. The fraction of sp³-hybridized carbons (Fsp3) is 0.407. The molecule has 2 aliphatic rings. The number of aromatic nitrogens is 3. The van der Waals surface area contributed by atoms with Crippen molar-refractivity contribution < 1.29 is 14.3 Å². The van der Waals surface area contributed by atoms with Gasteiger partial charge in [0.2, 0.25) is 0 Å². The van der Waals surface area contributed by atoms with Gasteiger partial charge in [0.15, 0.2) is 16.8 Å². The summed E-state index contributed by atoms with van der Waals surface area (Å²) in [5.41, 5.74) is 0.838. The molecule has 3 atom stereocenters. The number of para-hydroxylation sites is 1. The van der Waals surface area contributed by atoms with Gasteiger partial charge >= 0.3 is 0 Å². The molecule has 0 aliphatic heterocycles. The molecule has 2 fully saturated rings. The van der Waals surface area contributed by atoms with Gasteiger partial charge in [-0.2, -0.15) is 0 Å². The van der Waals surface area contributed by atoms with Crippen molar-refractivity contribution in [3.05, 3.63) is 64.9 Å². The number of ketones is 1. The third kappa shape index (κ3) is 3.91. The number of carbonyl (C=O) groups is 2. The van der Waals surface area contributed by atoms with Crippen LogP contribution in [0.25, 0.3) is 5.69 Å². The van der Waals surface area contributed by atoms with Gasteiger partial charge in [-0.1, -0.05) is 56.3 Å². The Bertz CT molecular complexity index is 1320. The maximum Gasteiger partial charge on any atom is 0.251 e. The van der Waals surface area contributed by atoms with Crippen molar-refractivity contribution in [2.45, 2.75) is 50.6 Å². The van der Waals surface area contributed by atoms with Crippen molar-refractivity contribution in [1.29, 1.82) is 0 Å². The van der Waals surface area contributed by atoms with E-state index in [0.717, 1.165) is 12.8 Å². The molecule has 9 heteroatoms. The van der Waals surface area contributed by atoms with Gasteiger partial charge in [0.25, 0.3) is 5.91 Å². The first-order valence-corrected chi connectivity index (χ1v) is 13.3. The number of Topliss-reactive ketones (excluding diaryl/α,β-unsaturated/α-hetero) is 1. The Balaban J connectivity index is 1.44. The second kappa shape index (κ2) is 9.23. The average Bonchev–Trinajstić information content (AvgIpc) is 3.42. The van der Waals surface area contributed by atoms with Crippen LogP contribution < -0.4 is 10.1 Å². The molecular weight excluding hydrogens is 496 g/mol. The number of ether oxygens (including phenoxy) is 1. The molecule has 1 aromatic heterocycles. The molecule has 0 radical (unpaired) electrons.